The van der Waals surface area contributed by atoms with Crippen LogP contribution in [0.25, 0.3) is 0 Å². The summed E-state index contributed by atoms with van der Waals surface area (Å²) in [5.74, 6) is 0.736. The molecule has 0 saturated heterocycles. The summed E-state index contributed by atoms with van der Waals surface area (Å²) in [5, 5.41) is 0.474. The van der Waals surface area contributed by atoms with E-state index < -0.39 is 0 Å². The van der Waals surface area contributed by atoms with Crippen molar-refractivity contribution in [3.8, 4) is 5.75 Å². The molecule has 100 valence electrons. The molecule has 0 heterocycles. The molecular weight excluding hydrogens is 347 g/mol. The molecule has 19 heavy (non-hydrogen) atoms. The molecule has 0 aliphatic rings. The SMILES string of the molecule is COc1ccc(C(Cl)Cc2cccc(Br)c2)c(Cl)c1. The first-order valence-corrected chi connectivity index (χ1v) is 7.43. The molecule has 4 heteroatoms. The lowest BCUT2D eigenvalue weighted by Crippen LogP contribution is -1.97. The fourth-order valence-electron chi connectivity index (χ4n) is 1.87. The van der Waals surface area contributed by atoms with E-state index in [1.807, 2.05) is 24.3 Å². The Bertz CT molecular complexity index is 572. The molecule has 0 N–H and O–H groups in total. The number of ether oxygens (including phenoxy) is 1. The largest absolute Gasteiger partial charge is 0.497 e. The minimum Gasteiger partial charge on any atom is -0.497 e. The number of rotatable bonds is 4. The van der Waals surface area contributed by atoms with Crippen LogP contribution in [0.15, 0.2) is 46.9 Å². The molecule has 1 unspecified atom stereocenters. The van der Waals surface area contributed by atoms with Crippen molar-refractivity contribution in [3.63, 3.8) is 0 Å². The fraction of sp³-hybridized carbons (Fsp3) is 0.200. The molecule has 0 fully saturated rings. The number of hydrogen-bond acceptors (Lipinski definition) is 1. The van der Waals surface area contributed by atoms with Crippen LogP contribution in [0.4, 0.5) is 0 Å². The normalized spacial score (nSPS) is 12.2. The van der Waals surface area contributed by atoms with E-state index in [1.165, 1.54) is 5.56 Å². The average molecular weight is 360 g/mol. The predicted molar refractivity (Wildman–Crippen MR) is 84.4 cm³/mol. The molecule has 0 saturated carbocycles. The van der Waals surface area contributed by atoms with E-state index in [9.17, 15) is 0 Å². The van der Waals surface area contributed by atoms with Crippen molar-refractivity contribution < 1.29 is 4.74 Å². The van der Waals surface area contributed by atoms with E-state index in [0.717, 1.165) is 22.2 Å². The number of hydrogen-bond donors (Lipinski definition) is 0. The third kappa shape index (κ3) is 3.88. The van der Waals surface area contributed by atoms with Gasteiger partial charge in [-0.25, -0.2) is 0 Å². The van der Waals surface area contributed by atoms with E-state index in [-0.39, 0.29) is 5.38 Å². The van der Waals surface area contributed by atoms with Crippen LogP contribution in [0.3, 0.4) is 0 Å². The second kappa shape index (κ2) is 6.65. The van der Waals surface area contributed by atoms with Crippen LogP contribution < -0.4 is 4.74 Å². The third-order valence-corrected chi connectivity index (χ3v) is 4.06. The second-order valence-corrected chi connectivity index (χ2v) is 6.04. The maximum Gasteiger partial charge on any atom is 0.120 e. The first-order valence-electron chi connectivity index (χ1n) is 5.82. The van der Waals surface area contributed by atoms with Crippen LogP contribution in [0.5, 0.6) is 5.75 Å². The minimum absolute atomic E-state index is 0.160. The number of benzene rings is 2. The van der Waals surface area contributed by atoms with E-state index in [1.54, 1.807) is 13.2 Å². The Kier molecular flexibility index (Phi) is 5.14. The van der Waals surface area contributed by atoms with Crippen LogP contribution in [0.2, 0.25) is 5.02 Å². The zero-order chi connectivity index (χ0) is 13.8. The molecule has 1 atom stereocenters. The van der Waals surface area contributed by atoms with Crippen molar-refractivity contribution in [2.24, 2.45) is 0 Å². The topological polar surface area (TPSA) is 9.23 Å². The van der Waals surface area contributed by atoms with Crippen LogP contribution in [-0.4, -0.2) is 7.11 Å². The van der Waals surface area contributed by atoms with Crippen LogP contribution in [0, 0.1) is 0 Å². The highest BCUT2D eigenvalue weighted by Crippen LogP contribution is 2.33. The van der Waals surface area contributed by atoms with Crippen molar-refractivity contribution >= 4 is 39.1 Å². The van der Waals surface area contributed by atoms with Gasteiger partial charge in [0.2, 0.25) is 0 Å². The van der Waals surface area contributed by atoms with Gasteiger partial charge in [-0.05, 0) is 41.8 Å². The molecule has 0 spiro atoms. The van der Waals surface area contributed by atoms with Crippen LogP contribution in [-0.2, 0) is 6.42 Å². The molecule has 2 aromatic carbocycles. The summed E-state index contributed by atoms with van der Waals surface area (Å²) >= 11 is 16.1. The molecular formula is C15H13BrCl2O. The number of alkyl halides is 1. The lowest BCUT2D eigenvalue weighted by Gasteiger charge is -2.13. The molecule has 0 bridgehead atoms. The summed E-state index contributed by atoms with van der Waals surface area (Å²) < 4.78 is 6.18. The lowest BCUT2D eigenvalue weighted by atomic mass is 10.0. The van der Waals surface area contributed by atoms with Gasteiger partial charge < -0.3 is 4.74 Å². The molecule has 2 rings (SSSR count). The Labute approximate surface area is 131 Å². The van der Waals surface area contributed by atoms with Gasteiger partial charge in [0.25, 0.3) is 0 Å². The smallest absolute Gasteiger partial charge is 0.120 e. The summed E-state index contributed by atoms with van der Waals surface area (Å²) in [6.45, 7) is 0. The van der Waals surface area contributed by atoms with Gasteiger partial charge in [0.05, 0.1) is 12.5 Å². The third-order valence-electron chi connectivity index (χ3n) is 2.85. The second-order valence-electron chi connectivity index (χ2n) is 4.19. The van der Waals surface area contributed by atoms with Gasteiger partial charge in [-0.15, -0.1) is 11.6 Å². The fourth-order valence-corrected chi connectivity index (χ4v) is 3.04. The Morgan fingerprint density at radius 2 is 2.00 bits per heavy atom. The highest BCUT2D eigenvalue weighted by Gasteiger charge is 2.13. The summed E-state index contributed by atoms with van der Waals surface area (Å²) in [4.78, 5) is 0. The van der Waals surface area contributed by atoms with Gasteiger partial charge in [-0.1, -0.05) is 45.7 Å². The van der Waals surface area contributed by atoms with Gasteiger partial charge >= 0.3 is 0 Å². The van der Waals surface area contributed by atoms with Crippen molar-refractivity contribution in [1.29, 1.82) is 0 Å². The van der Waals surface area contributed by atoms with E-state index >= 15 is 0 Å². The maximum absolute atomic E-state index is 6.45. The molecule has 0 aromatic heterocycles. The minimum atomic E-state index is -0.160. The summed E-state index contributed by atoms with van der Waals surface area (Å²) in [6.07, 6.45) is 0.729. The summed E-state index contributed by atoms with van der Waals surface area (Å²) in [7, 11) is 1.62. The standard InChI is InChI=1S/C15H13BrCl2O/c1-19-12-5-6-13(15(18)9-12)14(17)8-10-3-2-4-11(16)7-10/h2-7,9,14H,8H2,1H3. The van der Waals surface area contributed by atoms with Gasteiger partial charge in [-0.3, -0.25) is 0 Å². The molecule has 0 amide bonds. The molecule has 1 nitrogen and oxygen atoms in total. The summed E-state index contributed by atoms with van der Waals surface area (Å²) in [6, 6.07) is 13.7. The first kappa shape index (κ1) is 14.7. The van der Waals surface area contributed by atoms with Gasteiger partial charge in [0, 0.05) is 9.50 Å². The Balaban J connectivity index is 2.18. The van der Waals surface area contributed by atoms with Gasteiger partial charge in [0.1, 0.15) is 5.75 Å². The Morgan fingerprint density at radius 3 is 2.63 bits per heavy atom. The zero-order valence-corrected chi connectivity index (χ0v) is 13.5. The number of methoxy groups -OCH3 is 1. The van der Waals surface area contributed by atoms with E-state index in [0.29, 0.717) is 5.02 Å². The molecule has 2 aromatic rings. The molecule has 0 aliphatic carbocycles. The van der Waals surface area contributed by atoms with Crippen molar-refractivity contribution in [2.75, 3.05) is 7.11 Å². The monoisotopic (exact) mass is 358 g/mol. The first-order chi connectivity index (χ1) is 9.10. The van der Waals surface area contributed by atoms with Crippen molar-refractivity contribution in [1.82, 2.24) is 0 Å². The van der Waals surface area contributed by atoms with Crippen LogP contribution >= 0.6 is 39.1 Å². The van der Waals surface area contributed by atoms with Crippen molar-refractivity contribution in [2.45, 2.75) is 11.8 Å². The van der Waals surface area contributed by atoms with Crippen LogP contribution in [0.1, 0.15) is 16.5 Å². The lowest BCUT2D eigenvalue weighted by molar-refractivity contribution is 0.414. The van der Waals surface area contributed by atoms with E-state index in [2.05, 4.69) is 28.1 Å². The molecule has 0 radical (unpaired) electrons. The highest BCUT2D eigenvalue weighted by molar-refractivity contribution is 9.10. The quantitative estimate of drug-likeness (QED) is 0.642. The summed E-state index contributed by atoms with van der Waals surface area (Å²) in [5.41, 5.74) is 2.09. The predicted octanol–water partition coefficient (Wildman–Crippen LogP) is 5.63. The Hall–Kier alpha value is -0.700. The highest BCUT2D eigenvalue weighted by atomic mass is 79.9. The van der Waals surface area contributed by atoms with Crippen molar-refractivity contribution in [3.05, 3.63) is 63.1 Å². The number of halogens is 3. The Morgan fingerprint density at radius 1 is 1.21 bits per heavy atom. The maximum atomic E-state index is 6.45. The zero-order valence-electron chi connectivity index (χ0n) is 10.4. The van der Waals surface area contributed by atoms with Gasteiger partial charge in [-0.2, -0.15) is 0 Å². The van der Waals surface area contributed by atoms with Gasteiger partial charge in [0.15, 0.2) is 0 Å². The average Bonchev–Trinajstić information content (AvgIpc) is 2.38. The molecule has 0 aliphatic heterocycles. The van der Waals surface area contributed by atoms with E-state index in [4.69, 9.17) is 27.9 Å².